The molecule has 0 aliphatic rings. The SMILES string of the molecule is Cc1ccc(CN(C)CC(=O)Nc2ccc(Cl)c(C(F)(F)F)c2)o1. The van der Waals surface area contributed by atoms with Crippen LogP contribution in [-0.2, 0) is 17.5 Å². The van der Waals surface area contributed by atoms with Gasteiger partial charge in [0, 0.05) is 5.69 Å². The summed E-state index contributed by atoms with van der Waals surface area (Å²) in [5.74, 6) is 1.04. The average Bonchev–Trinajstić information content (AvgIpc) is 2.84. The molecule has 24 heavy (non-hydrogen) atoms. The second-order valence-corrected chi connectivity index (χ2v) is 5.83. The van der Waals surface area contributed by atoms with Gasteiger partial charge in [-0.1, -0.05) is 11.6 Å². The van der Waals surface area contributed by atoms with Crippen molar-refractivity contribution in [1.29, 1.82) is 0 Å². The van der Waals surface area contributed by atoms with Crippen molar-refractivity contribution in [2.24, 2.45) is 0 Å². The van der Waals surface area contributed by atoms with Crippen LogP contribution in [0.15, 0.2) is 34.7 Å². The Morgan fingerprint density at radius 2 is 2.00 bits per heavy atom. The maximum Gasteiger partial charge on any atom is 0.417 e. The van der Waals surface area contributed by atoms with Crippen LogP contribution in [-0.4, -0.2) is 24.4 Å². The van der Waals surface area contributed by atoms with Gasteiger partial charge < -0.3 is 9.73 Å². The molecular weight excluding hydrogens is 345 g/mol. The van der Waals surface area contributed by atoms with Gasteiger partial charge in [0.05, 0.1) is 23.7 Å². The Labute approximate surface area is 142 Å². The molecular formula is C16H16ClF3N2O2. The molecule has 0 bridgehead atoms. The number of rotatable bonds is 5. The second-order valence-electron chi connectivity index (χ2n) is 5.43. The van der Waals surface area contributed by atoms with Crippen molar-refractivity contribution in [3.05, 3.63) is 52.4 Å². The fourth-order valence-corrected chi connectivity index (χ4v) is 2.38. The third-order valence-electron chi connectivity index (χ3n) is 3.19. The summed E-state index contributed by atoms with van der Waals surface area (Å²) >= 11 is 5.54. The van der Waals surface area contributed by atoms with Crippen LogP contribution in [0.2, 0.25) is 5.02 Å². The van der Waals surface area contributed by atoms with E-state index in [2.05, 4.69) is 5.32 Å². The zero-order valence-corrected chi connectivity index (χ0v) is 13.8. The summed E-state index contributed by atoms with van der Waals surface area (Å²) in [6.07, 6.45) is -4.58. The molecule has 1 aromatic carbocycles. The van der Waals surface area contributed by atoms with E-state index in [-0.39, 0.29) is 12.2 Å². The summed E-state index contributed by atoms with van der Waals surface area (Å²) < 4.78 is 43.8. The van der Waals surface area contributed by atoms with E-state index in [0.29, 0.717) is 12.3 Å². The monoisotopic (exact) mass is 360 g/mol. The molecule has 130 valence electrons. The van der Waals surface area contributed by atoms with Crippen LogP contribution in [0.5, 0.6) is 0 Å². The van der Waals surface area contributed by atoms with Crippen molar-refractivity contribution in [3.8, 4) is 0 Å². The molecule has 1 heterocycles. The minimum absolute atomic E-state index is 0.00370. The van der Waals surface area contributed by atoms with Gasteiger partial charge in [-0.05, 0) is 44.3 Å². The quantitative estimate of drug-likeness (QED) is 0.863. The Kier molecular flexibility index (Phi) is 5.56. The number of alkyl halides is 3. The average molecular weight is 361 g/mol. The minimum atomic E-state index is -4.58. The lowest BCUT2D eigenvalue weighted by Gasteiger charge is -2.16. The molecule has 0 spiro atoms. The van der Waals surface area contributed by atoms with Gasteiger partial charge >= 0.3 is 6.18 Å². The second kappa shape index (κ2) is 7.27. The summed E-state index contributed by atoms with van der Waals surface area (Å²) in [5.41, 5.74) is -0.944. The van der Waals surface area contributed by atoms with Crippen LogP contribution in [0.25, 0.3) is 0 Å². The molecule has 2 aromatic rings. The Balaban J connectivity index is 1.97. The summed E-state index contributed by atoms with van der Waals surface area (Å²) in [6.45, 7) is 2.23. The standard InChI is InChI=1S/C16H16ClF3N2O2/c1-10-3-5-12(24-10)8-22(2)9-15(23)21-11-4-6-14(17)13(7-11)16(18,19)20/h3-7H,8-9H2,1-2H3,(H,21,23). The molecule has 2 rings (SSSR count). The number of anilines is 1. The lowest BCUT2D eigenvalue weighted by Crippen LogP contribution is -2.29. The van der Waals surface area contributed by atoms with Crippen LogP contribution in [0.1, 0.15) is 17.1 Å². The number of carbonyl (C=O) groups excluding carboxylic acids is 1. The fourth-order valence-electron chi connectivity index (χ4n) is 2.16. The largest absolute Gasteiger partial charge is 0.465 e. The van der Waals surface area contributed by atoms with E-state index in [4.69, 9.17) is 16.0 Å². The lowest BCUT2D eigenvalue weighted by atomic mass is 10.2. The normalized spacial score (nSPS) is 11.8. The number of nitrogens with zero attached hydrogens (tertiary/aromatic N) is 1. The topological polar surface area (TPSA) is 45.5 Å². The molecule has 0 aliphatic heterocycles. The molecule has 0 unspecified atom stereocenters. The van der Waals surface area contributed by atoms with E-state index < -0.39 is 22.7 Å². The van der Waals surface area contributed by atoms with Gasteiger partial charge in [0.1, 0.15) is 11.5 Å². The minimum Gasteiger partial charge on any atom is -0.465 e. The number of halogens is 4. The van der Waals surface area contributed by atoms with Gasteiger partial charge in [-0.2, -0.15) is 13.2 Å². The number of amides is 1. The molecule has 0 aliphatic carbocycles. The fraction of sp³-hybridized carbons (Fsp3) is 0.312. The van der Waals surface area contributed by atoms with Crippen molar-refractivity contribution < 1.29 is 22.4 Å². The summed E-state index contributed by atoms with van der Waals surface area (Å²) in [4.78, 5) is 13.7. The van der Waals surface area contributed by atoms with Crippen LogP contribution in [0.4, 0.5) is 18.9 Å². The first-order chi connectivity index (χ1) is 11.1. The number of hydrogen-bond acceptors (Lipinski definition) is 3. The van der Waals surface area contributed by atoms with Gasteiger partial charge in [-0.25, -0.2) is 0 Å². The van der Waals surface area contributed by atoms with Gasteiger partial charge in [0.25, 0.3) is 0 Å². The maximum atomic E-state index is 12.8. The lowest BCUT2D eigenvalue weighted by molar-refractivity contribution is -0.137. The van der Waals surface area contributed by atoms with Crippen LogP contribution in [0.3, 0.4) is 0 Å². The van der Waals surface area contributed by atoms with Crippen molar-refractivity contribution in [2.45, 2.75) is 19.6 Å². The predicted octanol–water partition coefficient (Wildman–Crippen LogP) is 4.33. The molecule has 0 saturated carbocycles. The molecule has 0 saturated heterocycles. The summed E-state index contributed by atoms with van der Waals surface area (Å²) in [7, 11) is 1.71. The molecule has 8 heteroatoms. The number of likely N-dealkylation sites (N-methyl/N-ethyl adjacent to an activating group) is 1. The summed E-state index contributed by atoms with van der Waals surface area (Å²) in [6, 6.07) is 6.87. The first-order valence-electron chi connectivity index (χ1n) is 7.05. The Morgan fingerprint density at radius 1 is 1.29 bits per heavy atom. The smallest absolute Gasteiger partial charge is 0.417 e. The maximum absolute atomic E-state index is 12.8. The van der Waals surface area contributed by atoms with E-state index in [1.54, 1.807) is 18.0 Å². The van der Waals surface area contributed by atoms with Crippen LogP contribution >= 0.6 is 11.6 Å². The number of aryl methyl sites for hydroxylation is 1. The molecule has 0 atom stereocenters. The third-order valence-corrected chi connectivity index (χ3v) is 3.52. The number of benzene rings is 1. The molecule has 1 amide bonds. The van der Waals surface area contributed by atoms with E-state index in [0.717, 1.165) is 17.9 Å². The number of nitrogens with one attached hydrogen (secondary N) is 1. The predicted molar refractivity (Wildman–Crippen MR) is 84.9 cm³/mol. The molecule has 4 nitrogen and oxygen atoms in total. The highest BCUT2D eigenvalue weighted by atomic mass is 35.5. The first-order valence-corrected chi connectivity index (χ1v) is 7.43. The van der Waals surface area contributed by atoms with Gasteiger partial charge in [0.2, 0.25) is 5.91 Å². The number of furan rings is 1. The number of hydrogen-bond donors (Lipinski definition) is 1. The summed E-state index contributed by atoms with van der Waals surface area (Å²) in [5, 5.41) is 2.02. The highest BCUT2D eigenvalue weighted by Gasteiger charge is 2.33. The van der Waals surface area contributed by atoms with E-state index in [1.165, 1.54) is 6.07 Å². The zero-order chi connectivity index (χ0) is 17.9. The van der Waals surface area contributed by atoms with E-state index >= 15 is 0 Å². The van der Waals surface area contributed by atoms with Crippen LogP contribution < -0.4 is 5.32 Å². The highest BCUT2D eigenvalue weighted by molar-refractivity contribution is 6.31. The van der Waals surface area contributed by atoms with Crippen molar-refractivity contribution in [3.63, 3.8) is 0 Å². The van der Waals surface area contributed by atoms with Crippen molar-refractivity contribution >= 4 is 23.2 Å². The highest BCUT2D eigenvalue weighted by Crippen LogP contribution is 2.36. The molecule has 1 N–H and O–H groups in total. The molecule has 0 radical (unpaired) electrons. The van der Waals surface area contributed by atoms with Gasteiger partial charge in [0.15, 0.2) is 0 Å². The van der Waals surface area contributed by atoms with E-state index in [9.17, 15) is 18.0 Å². The number of carbonyl (C=O) groups is 1. The Morgan fingerprint density at radius 3 is 2.58 bits per heavy atom. The van der Waals surface area contributed by atoms with Crippen molar-refractivity contribution in [1.82, 2.24) is 4.90 Å². The van der Waals surface area contributed by atoms with Crippen LogP contribution in [0, 0.1) is 6.92 Å². The first kappa shape index (κ1) is 18.4. The van der Waals surface area contributed by atoms with Gasteiger partial charge in [-0.15, -0.1) is 0 Å². The zero-order valence-electron chi connectivity index (χ0n) is 13.1. The Bertz CT molecular complexity index is 728. The van der Waals surface area contributed by atoms with Gasteiger partial charge in [-0.3, -0.25) is 9.69 Å². The van der Waals surface area contributed by atoms with E-state index in [1.807, 2.05) is 13.0 Å². The van der Waals surface area contributed by atoms with Crippen molar-refractivity contribution in [2.75, 3.05) is 18.9 Å². The third kappa shape index (κ3) is 5.01. The Hall–Kier alpha value is -1.99. The molecule has 1 aromatic heterocycles. The molecule has 0 fully saturated rings.